The average Bonchev–Trinajstić information content (AvgIpc) is 3.00. The lowest BCUT2D eigenvalue weighted by Gasteiger charge is -2.55. The minimum atomic E-state index is -1.52. The van der Waals surface area contributed by atoms with E-state index in [-0.39, 0.29) is 35.7 Å². The molecule has 4 N–H and O–H groups in total. The topological polar surface area (TPSA) is 161 Å². The number of carbonyl (C=O) groups excluding carboxylic acids is 3. The minimum Gasteiger partial charge on any atom is -0.512 e. The van der Waals surface area contributed by atoms with Crippen LogP contribution in [-0.4, -0.2) is 75.8 Å². The number of amides is 1. The second kappa shape index (κ2) is 14.6. The maximum absolute atomic E-state index is 13.5. The highest BCUT2D eigenvalue weighted by Gasteiger charge is 2.66. The summed E-state index contributed by atoms with van der Waals surface area (Å²) in [5, 5.41) is 36.3. The molecule has 11 nitrogen and oxygen atoms in total. The van der Waals surface area contributed by atoms with Crippen molar-refractivity contribution in [2.45, 2.75) is 104 Å². The number of allylic oxidation sites excluding steroid dienone is 3. The first-order chi connectivity index (χ1) is 21.4. The predicted octanol–water partition coefficient (Wildman–Crippen LogP) is 4.17. The fourth-order valence-electron chi connectivity index (χ4n) is 6.73. The number of aliphatic hydroxyl groups is 3. The van der Waals surface area contributed by atoms with Crippen LogP contribution in [0.4, 0.5) is 0 Å². The Kier molecular flexibility index (Phi) is 11.7. The molecular weight excluding hydrogens is 594 g/mol. The van der Waals surface area contributed by atoms with Crippen LogP contribution in [0.3, 0.4) is 0 Å². The molecule has 0 spiro atoms. The molecule has 0 aromatic heterocycles. The Morgan fingerprint density at radius 1 is 1.07 bits per heavy atom. The van der Waals surface area contributed by atoms with Gasteiger partial charge in [-0.25, -0.2) is 0 Å². The lowest BCUT2D eigenvalue weighted by Crippen LogP contribution is -2.73. The first-order valence-corrected chi connectivity index (χ1v) is 15.8. The van der Waals surface area contributed by atoms with Crippen molar-refractivity contribution in [2.75, 3.05) is 7.11 Å². The lowest BCUT2D eigenvalue weighted by molar-refractivity contribution is -0.238. The van der Waals surface area contributed by atoms with Crippen molar-refractivity contribution in [1.29, 1.82) is 0 Å². The normalized spacial score (nSPS) is 43.8. The number of nitrogens with one attached hydrogen (secondary N) is 1. The first-order valence-electron chi connectivity index (χ1n) is 15.8. The second-order valence-corrected chi connectivity index (χ2v) is 13.3. The first kappa shape index (κ1) is 37.1. The number of esters is 1. The van der Waals surface area contributed by atoms with Crippen molar-refractivity contribution in [2.24, 2.45) is 29.6 Å². The molecule has 0 radical (unpaired) electrons. The van der Waals surface area contributed by atoms with Gasteiger partial charge in [-0.1, -0.05) is 52.5 Å². The van der Waals surface area contributed by atoms with E-state index in [9.17, 15) is 29.7 Å². The summed E-state index contributed by atoms with van der Waals surface area (Å²) in [6.45, 7) is 17.2. The highest BCUT2D eigenvalue weighted by atomic mass is 16.7. The SMILES string of the molecule is C=C1O[C@]2(C)O/C=C/[C@H](OC)[C@@H](C)[C@@H](OC(C)=O)[C@H](C)[C@H](O)[C@H](C)[C@@H](O)[C@@H](C)/C=C/C=C(/C)C(=O)N[C@@]3(C/C(O)=C\1C)C(=O)CC23. The van der Waals surface area contributed by atoms with Crippen molar-refractivity contribution in [3.63, 3.8) is 0 Å². The highest BCUT2D eigenvalue weighted by molar-refractivity contribution is 6.03. The predicted molar refractivity (Wildman–Crippen MR) is 171 cm³/mol. The van der Waals surface area contributed by atoms with E-state index in [1.165, 1.54) is 20.3 Å². The minimum absolute atomic E-state index is 0.00845. The van der Waals surface area contributed by atoms with Crippen LogP contribution in [-0.2, 0) is 33.3 Å². The molecule has 11 heteroatoms. The molecule has 0 saturated heterocycles. The largest absolute Gasteiger partial charge is 0.512 e. The second-order valence-electron chi connectivity index (χ2n) is 13.3. The van der Waals surface area contributed by atoms with Gasteiger partial charge in [-0.15, -0.1) is 0 Å². The molecule has 2 aliphatic heterocycles. The number of methoxy groups -OCH3 is 1. The van der Waals surface area contributed by atoms with E-state index in [2.05, 4.69) is 11.9 Å². The van der Waals surface area contributed by atoms with E-state index in [1.54, 1.807) is 65.8 Å². The quantitative estimate of drug-likeness (QED) is 0.321. The van der Waals surface area contributed by atoms with Gasteiger partial charge in [0.1, 0.15) is 23.2 Å². The summed E-state index contributed by atoms with van der Waals surface area (Å²) in [5.74, 6) is -5.62. The van der Waals surface area contributed by atoms with Gasteiger partial charge in [0.2, 0.25) is 5.91 Å². The molecular formula is C35H51NO10. The van der Waals surface area contributed by atoms with Gasteiger partial charge in [-0.05, 0) is 19.9 Å². The number of ketones is 1. The monoisotopic (exact) mass is 645 g/mol. The molecule has 0 aromatic carbocycles. The zero-order valence-corrected chi connectivity index (χ0v) is 28.4. The molecule has 0 aromatic rings. The van der Waals surface area contributed by atoms with Crippen LogP contribution in [0.1, 0.15) is 68.2 Å². The molecule has 1 aliphatic carbocycles. The summed E-state index contributed by atoms with van der Waals surface area (Å²) < 4.78 is 23.9. The highest BCUT2D eigenvalue weighted by Crippen LogP contribution is 2.51. The summed E-state index contributed by atoms with van der Waals surface area (Å²) in [6.07, 6.45) is 4.28. The lowest BCUT2D eigenvalue weighted by atomic mass is 9.59. The van der Waals surface area contributed by atoms with Crippen LogP contribution < -0.4 is 5.32 Å². The summed E-state index contributed by atoms with van der Waals surface area (Å²) in [5.41, 5.74) is -0.917. The van der Waals surface area contributed by atoms with E-state index >= 15 is 0 Å². The van der Waals surface area contributed by atoms with Gasteiger partial charge in [0.15, 0.2) is 5.78 Å². The zero-order valence-electron chi connectivity index (χ0n) is 28.4. The maximum atomic E-state index is 13.5. The number of hydrogen-bond donors (Lipinski definition) is 4. The smallest absolute Gasteiger partial charge is 0.302 e. The maximum Gasteiger partial charge on any atom is 0.302 e. The molecule has 1 saturated carbocycles. The summed E-state index contributed by atoms with van der Waals surface area (Å²) in [7, 11) is 1.49. The van der Waals surface area contributed by atoms with Crippen LogP contribution in [0.5, 0.6) is 0 Å². The van der Waals surface area contributed by atoms with Gasteiger partial charge in [0.05, 0.1) is 30.5 Å². The van der Waals surface area contributed by atoms with Crippen LogP contribution in [0.15, 0.2) is 59.8 Å². The third-order valence-corrected chi connectivity index (χ3v) is 10.0. The van der Waals surface area contributed by atoms with Gasteiger partial charge in [-0.2, -0.15) is 0 Å². The van der Waals surface area contributed by atoms with Crippen molar-refractivity contribution < 1.29 is 48.7 Å². The average molecular weight is 646 g/mol. The van der Waals surface area contributed by atoms with Crippen LogP contribution in [0, 0.1) is 29.6 Å². The molecule has 2 bridgehead atoms. The standard InChI is InChI=1S/C35H51NO10/c1-18-12-11-13-19(2)33(42)36-35-17-26(38)20(3)24(7)46-34(9,28(35)16-29(35)39)44-15-14-27(43-10)21(4)32(45-25(8)37)23(6)31(41)22(5)30(18)40/h11-15,18,21-23,27-28,30-32,38,40-41H,7,16-17H2,1-6,8-10H3,(H,36,42)/b12-11+,15-14+,19-13-,26-20+/t18-,21+,22+,23+,27-,28?,30-,31+,32+,34-,35+/m0/s1. The number of carbonyl (C=O) groups is 3. The Balaban J connectivity index is 2.16. The van der Waals surface area contributed by atoms with Crippen LogP contribution in [0.25, 0.3) is 0 Å². The number of ether oxygens (including phenoxy) is 4. The summed E-state index contributed by atoms with van der Waals surface area (Å²) >= 11 is 0. The van der Waals surface area contributed by atoms with Crippen LogP contribution >= 0.6 is 0 Å². The van der Waals surface area contributed by atoms with E-state index in [0.717, 1.165) is 0 Å². The molecule has 46 heavy (non-hydrogen) atoms. The van der Waals surface area contributed by atoms with Crippen molar-refractivity contribution in [1.82, 2.24) is 5.32 Å². The van der Waals surface area contributed by atoms with Gasteiger partial charge in [-0.3, -0.25) is 14.4 Å². The third kappa shape index (κ3) is 7.42. The van der Waals surface area contributed by atoms with Crippen molar-refractivity contribution in [3.05, 3.63) is 59.8 Å². The van der Waals surface area contributed by atoms with Gasteiger partial charge >= 0.3 is 5.97 Å². The Bertz CT molecular complexity index is 1320. The molecule has 1 unspecified atom stereocenters. The van der Waals surface area contributed by atoms with E-state index < -0.39 is 77.2 Å². The van der Waals surface area contributed by atoms with Gasteiger partial charge in [0.25, 0.3) is 5.79 Å². The number of aliphatic hydroxyl groups excluding tert-OH is 3. The van der Waals surface area contributed by atoms with Crippen molar-refractivity contribution >= 4 is 17.7 Å². The summed E-state index contributed by atoms with van der Waals surface area (Å²) in [6, 6.07) is 0. The zero-order chi connectivity index (χ0) is 34.7. The number of rotatable bonds is 2. The molecule has 3 aliphatic rings. The molecule has 3 rings (SSSR count). The molecule has 1 fully saturated rings. The Hall–Kier alpha value is -3.41. The van der Waals surface area contributed by atoms with Crippen LogP contribution in [0.2, 0.25) is 0 Å². The number of hydrogen-bond acceptors (Lipinski definition) is 10. The van der Waals surface area contributed by atoms with Crippen molar-refractivity contribution in [3.8, 4) is 0 Å². The fourth-order valence-corrected chi connectivity index (χ4v) is 6.73. The van der Waals surface area contributed by atoms with Gasteiger partial charge in [0, 0.05) is 68.6 Å². The molecule has 1 amide bonds. The Morgan fingerprint density at radius 3 is 2.30 bits per heavy atom. The van der Waals surface area contributed by atoms with Gasteiger partial charge < -0.3 is 39.6 Å². The molecule has 2 heterocycles. The number of Topliss-reactive ketones (excluding diaryl/α,β-unsaturated/α-hetero) is 1. The Labute approximate surface area is 272 Å². The van der Waals surface area contributed by atoms with E-state index in [1.807, 2.05) is 6.92 Å². The van der Waals surface area contributed by atoms with E-state index in [0.29, 0.717) is 5.57 Å². The van der Waals surface area contributed by atoms with E-state index in [4.69, 9.17) is 18.9 Å². The molecule has 256 valence electrons. The Morgan fingerprint density at radius 2 is 1.72 bits per heavy atom. The third-order valence-electron chi connectivity index (χ3n) is 10.0. The summed E-state index contributed by atoms with van der Waals surface area (Å²) in [4.78, 5) is 39.0. The fraction of sp³-hybridized carbons (Fsp3) is 0.629. The molecule has 11 atom stereocenters.